The Morgan fingerprint density at radius 2 is 1.69 bits per heavy atom. The van der Waals surface area contributed by atoms with Crippen molar-refractivity contribution in [2.45, 2.75) is 44.2 Å². The van der Waals surface area contributed by atoms with Crippen LogP contribution in [0.15, 0.2) is 91.0 Å². The van der Waals surface area contributed by atoms with Gasteiger partial charge in [0.05, 0.1) is 0 Å². The molecule has 36 heavy (non-hydrogen) atoms. The van der Waals surface area contributed by atoms with Gasteiger partial charge >= 0.3 is 5.97 Å². The second-order valence-corrected chi connectivity index (χ2v) is 9.37. The Bertz CT molecular complexity index is 1350. The highest BCUT2D eigenvalue weighted by Crippen LogP contribution is 2.40. The van der Waals surface area contributed by atoms with Crippen molar-refractivity contribution in [1.82, 2.24) is 0 Å². The average Bonchev–Trinajstić information content (AvgIpc) is 3.38. The van der Waals surface area contributed by atoms with Gasteiger partial charge in [0.25, 0.3) is 0 Å². The van der Waals surface area contributed by atoms with Crippen LogP contribution >= 0.6 is 0 Å². The van der Waals surface area contributed by atoms with E-state index in [9.17, 15) is 14.3 Å². The number of rotatable bonds is 8. The molecule has 0 aromatic heterocycles. The smallest absolute Gasteiger partial charge is 0.349 e. The zero-order valence-corrected chi connectivity index (χ0v) is 20.3. The average molecular weight is 484 g/mol. The normalized spacial score (nSPS) is 18.2. The maximum absolute atomic E-state index is 14.2. The summed E-state index contributed by atoms with van der Waals surface area (Å²) in [4.78, 5) is 14.3. The summed E-state index contributed by atoms with van der Waals surface area (Å²) in [5.74, 6) is -0.981. The summed E-state index contributed by atoms with van der Waals surface area (Å²) < 4.78 is 19.9. The lowest BCUT2D eigenvalue weighted by molar-refractivity contribution is -0.145. The Kier molecular flexibility index (Phi) is 6.90. The van der Waals surface area contributed by atoms with Crippen molar-refractivity contribution in [2.24, 2.45) is 0 Å². The molecule has 1 aliphatic rings. The molecule has 1 fully saturated rings. The van der Waals surface area contributed by atoms with Crippen LogP contribution in [-0.4, -0.2) is 23.7 Å². The first-order valence-corrected chi connectivity index (χ1v) is 12.5. The van der Waals surface area contributed by atoms with Gasteiger partial charge in [-0.3, -0.25) is 0 Å². The predicted octanol–water partition coefficient (Wildman–Crippen LogP) is 7.35. The van der Waals surface area contributed by atoms with Crippen molar-refractivity contribution >= 4 is 22.4 Å². The first-order valence-electron chi connectivity index (χ1n) is 12.5. The molecule has 1 aliphatic carbocycles. The quantitative estimate of drug-likeness (QED) is 0.285. The fourth-order valence-electron chi connectivity index (χ4n) is 5.52. The zero-order chi connectivity index (χ0) is 25.1. The second-order valence-electron chi connectivity index (χ2n) is 9.37. The monoisotopic (exact) mass is 483 g/mol. The summed E-state index contributed by atoms with van der Waals surface area (Å²) in [6, 6.07) is 28.9. The molecular formula is C31H30FNO3. The first kappa shape index (κ1) is 23.9. The number of ether oxygens (including phenoxy) is 1. The van der Waals surface area contributed by atoms with Crippen molar-refractivity contribution in [3.8, 4) is 5.75 Å². The number of halogens is 1. The van der Waals surface area contributed by atoms with Crippen LogP contribution in [0.3, 0.4) is 0 Å². The Morgan fingerprint density at radius 3 is 2.44 bits per heavy atom. The van der Waals surface area contributed by atoms with Gasteiger partial charge in [0, 0.05) is 29.2 Å². The van der Waals surface area contributed by atoms with Gasteiger partial charge in [-0.05, 0) is 67.3 Å². The van der Waals surface area contributed by atoms with Crippen LogP contribution in [0.2, 0.25) is 0 Å². The van der Waals surface area contributed by atoms with Crippen molar-refractivity contribution in [1.29, 1.82) is 0 Å². The molecule has 0 spiro atoms. The standard InChI is InChI=1S/C31H30FNO3/c1-2-33(29-13-7-9-22-8-3-4-10-26(22)29)24-17-14-23(20-24)21-15-18-25(19-16-21)36-30(31(34)35)27-11-5-6-12-28(27)32/h3-13,15-16,18-19,23-24,30H,2,14,17,20H2,1H3,(H,34,35). The van der Waals surface area contributed by atoms with Gasteiger partial charge in [0.2, 0.25) is 6.10 Å². The second kappa shape index (κ2) is 10.4. The van der Waals surface area contributed by atoms with Crippen LogP contribution in [0, 0.1) is 5.82 Å². The van der Waals surface area contributed by atoms with E-state index in [-0.39, 0.29) is 5.56 Å². The van der Waals surface area contributed by atoms with Gasteiger partial charge in [0.1, 0.15) is 11.6 Å². The Morgan fingerprint density at radius 1 is 0.972 bits per heavy atom. The molecule has 0 aliphatic heterocycles. The van der Waals surface area contributed by atoms with Gasteiger partial charge in [0.15, 0.2) is 0 Å². The van der Waals surface area contributed by atoms with E-state index in [1.807, 2.05) is 12.1 Å². The minimum atomic E-state index is -1.40. The molecule has 3 atom stereocenters. The van der Waals surface area contributed by atoms with Gasteiger partial charge in [-0.2, -0.15) is 0 Å². The molecule has 0 amide bonds. The zero-order valence-electron chi connectivity index (χ0n) is 20.3. The summed E-state index contributed by atoms with van der Waals surface area (Å²) in [5.41, 5.74) is 2.52. The molecule has 1 N–H and O–H groups in total. The van der Waals surface area contributed by atoms with Crippen LogP contribution in [0.1, 0.15) is 49.3 Å². The molecule has 0 heterocycles. The highest BCUT2D eigenvalue weighted by molar-refractivity contribution is 5.94. The van der Waals surface area contributed by atoms with E-state index in [0.717, 1.165) is 25.8 Å². The summed E-state index contributed by atoms with van der Waals surface area (Å²) in [5, 5.41) is 12.2. The van der Waals surface area contributed by atoms with E-state index in [0.29, 0.717) is 17.7 Å². The molecule has 4 aromatic carbocycles. The van der Waals surface area contributed by atoms with Crippen molar-refractivity contribution < 1.29 is 19.0 Å². The number of anilines is 1. The van der Waals surface area contributed by atoms with E-state index in [1.165, 1.54) is 40.2 Å². The number of fused-ring (bicyclic) bond motifs is 1. The number of aliphatic carboxylic acids is 1. The van der Waals surface area contributed by atoms with E-state index in [4.69, 9.17) is 4.74 Å². The van der Waals surface area contributed by atoms with Crippen molar-refractivity contribution in [2.75, 3.05) is 11.4 Å². The number of hydrogen-bond donors (Lipinski definition) is 1. The van der Waals surface area contributed by atoms with E-state index >= 15 is 0 Å². The van der Waals surface area contributed by atoms with Crippen molar-refractivity contribution in [3.63, 3.8) is 0 Å². The molecule has 0 saturated heterocycles. The largest absolute Gasteiger partial charge is 0.478 e. The predicted molar refractivity (Wildman–Crippen MR) is 141 cm³/mol. The van der Waals surface area contributed by atoms with E-state index in [2.05, 4.69) is 54.3 Å². The van der Waals surface area contributed by atoms with Crippen LogP contribution in [0.25, 0.3) is 10.8 Å². The van der Waals surface area contributed by atoms with Crippen LogP contribution in [0.5, 0.6) is 5.75 Å². The number of hydrogen-bond acceptors (Lipinski definition) is 3. The van der Waals surface area contributed by atoms with Crippen LogP contribution in [0.4, 0.5) is 10.1 Å². The summed E-state index contributed by atoms with van der Waals surface area (Å²) in [6.07, 6.45) is 1.88. The summed E-state index contributed by atoms with van der Waals surface area (Å²) >= 11 is 0. The third-order valence-corrected chi connectivity index (χ3v) is 7.28. The number of benzene rings is 4. The van der Waals surface area contributed by atoms with Gasteiger partial charge in [-0.25, -0.2) is 9.18 Å². The number of carboxylic acid groups (broad SMARTS) is 1. The first-order chi connectivity index (χ1) is 17.5. The number of carbonyl (C=O) groups is 1. The lowest BCUT2D eigenvalue weighted by Crippen LogP contribution is -2.33. The Balaban J connectivity index is 1.30. The maximum atomic E-state index is 14.2. The van der Waals surface area contributed by atoms with Crippen LogP contribution < -0.4 is 9.64 Å². The van der Waals surface area contributed by atoms with Gasteiger partial charge in [-0.15, -0.1) is 0 Å². The van der Waals surface area contributed by atoms with E-state index in [1.54, 1.807) is 18.2 Å². The minimum Gasteiger partial charge on any atom is -0.478 e. The molecule has 5 heteroatoms. The third kappa shape index (κ3) is 4.78. The lowest BCUT2D eigenvalue weighted by Gasteiger charge is -2.31. The molecule has 4 aromatic rings. The Hall–Kier alpha value is -3.86. The summed E-state index contributed by atoms with van der Waals surface area (Å²) in [7, 11) is 0. The highest BCUT2D eigenvalue weighted by Gasteiger charge is 2.31. The lowest BCUT2D eigenvalue weighted by atomic mass is 9.97. The highest BCUT2D eigenvalue weighted by atomic mass is 19.1. The molecule has 5 rings (SSSR count). The molecule has 4 nitrogen and oxygen atoms in total. The SMILES string of the molecule is CCN(c1cccc2ccccc12)C1CCC(c2ccc(OC(C(=O)O)c3ccccc3F)cc2)C1. The minimum absolute atomic E-state index is 0.0146. The fourth-order valence-corrected chi connectivity index (χ4v) is 5.52. The fraction of sp³-hybridized carbons (Fsp3) is 0.258. The third-order valence-electron chi connectivity index (χ3n) is 7.28. The van der Waals surface area contributed by atoms with Crippen molar-refractivity contribution in [3.05, 3.63) is 108 Å². The van der Waals surface area contributed by atoms with Crippen LogP contribution in [-0.2, 0) is 4.79 Å². The molecule has 0 radical (unpaired) electrons. The van der Waals surface area contributed by atoms with E-state index < -0.39 is 17.9 Å². The van der Waals surface area contributed by atoms with Gasteiger partial charge < -0.3 is 14.7 Å². The molecule has 3 unspecified atom stereocenters. The van der Waals surface area contributed by atoms with Gasteiger partial charge in [-0.1, -0.05) is 66.7 Å². The Labute approximate surface area is 211 Å². The molecule has 184 valence electrons. The molecule has 0 bridgehead atoms. The topological polar surface area (TPSA) is 49.8 Å². The molecular weight excluding hydrogens is 453 g/mol. The number of carboxylic acids is 1. The maximum Gasteiger partial charge on any atom is 0.349 e. The number of nitrogens with zero attached hydrogens (tertiary/aromatic N) is 1. The summed E-state index contributed by atoms with van der Waals surface area (Å²) in [6.45, 7) is 3.17. The molecule has 1 saturated carbocycles.